The summed E-state index contributed by atoms with van der Waals surface area (Å²) in [6.07, 6.45) is 4.59. The summed E-state index contributed by atoms with van der Waals surface area (Å²) in [5.41, 5.74) is 7.13. The van der Waals surface area contributed by atoms with Gasteiger partial charge in [-0.25, -0.2) is 0 Å². The lowest BCUT2D eigenvalue weighted by Gasteiger charge is -2.23. The van der Waals surface area contributed by atoms with Crippen LogP contribution in [-0.4, -0.2) is 23.8 Å². The molecule has 0 radical (unpaired) electrons. The fourth-order valence-electron chi connectivity index (χ4n) is 2.59. The Hall–Kier alpha value is -1.68. The lowest BCUT2D eigenvalue weighted by Crippen LogP contribution is -2.50. The van der Waals surface area contributed by atoms with Crippen LogP contribution in [0.3, 0.4) is 0 Å². The van der Waals surface area contributed by atoms with E-state index >= 15 is 0 Å². The predicted molar refractivity (Wildman–Crippen MR) is 98.7 cm³/mol. The Bertz CT molecular complexity index is 502. The van der Waals surface area contributed by atoms with Crippen LogP contribution in [0.5, 0.6) is 0 Å². The molecule has 1 aromatic carbocycles. The first kappa shape index (κ1) is 20.4. The molecule has 0 fully saturated rings. The third-order valence-electron chi connectivity index (χ3n) is 4.61. The van der Waals surface area contributed by atoms with E-state index in [4.69, 9.17) is 5.73 Å². The van der Waals surface area contributed by atoms with Crippen LogP contribution in [0.25, 0.3) is 0 Å². The van der Waals surface area contributed by atoms with Gasteiger partial charge in [0.05, 0.1) is 12.1 Å². The van der Waals surface area contributed by atoms with Crippen LogP contribution in [0, 0.1) is 5.92 Å². The summed E-state index contributed by atoms with van der Waals surface area (Å²) < 4.78 is 0. The monoisotopic (exact) mass is 332 g/mol. The normalized spacial score (nSPS) is 14.7. The largest absolute Gasteiger partial charge is 0.345 e. The number of carbonyl (C=O) groups is 2. The summed E-state index contributed by atoms with van der Waals surface area (Å²) in [5, 5.41) is 2.89. The molecule has 1 rings (SSSR count). The van der Waals surface area contributed by atoms with Gasteiger partial charge in [-0.15, -0.1) is 0 Å². The van der Waals surface area contributed by atoms with E-state index in [0.29, 0.717) is 19.3 Å². The molecule has 0 aliphatic rings. The number of Topliss-reactive ketones (excluding diaryl/α,β-unsaturated/α-hetero) is 1. The van der Waals surface area contributed by atoms with E-state index in [1.54, 1.807) is 0 Å². The Kier molecular flexibility index (Phi) is 9.31. The van der Waals surface area contributed by atoms with Crippen LogP contribution < -0.4 is 11.1 Å². The number of rotatable bonds is 11. The highest BCUT2D eigenvalue weighted by molar-refractivity contribution is 5.91. The molecule has 24 heavy (non-hydrogen) atoms. The first-order valence-corrected chi connectivity index (χ1v) is 9.12. The Morgan fingerprint density at radius 3 is 2.42 bits per heavy atom. The number of carbonyl (C=O) groups excluding carboxylic acids is 2. The zero-order valence-corrected chi connectivity index (χ0v) is 15.3. The standard InChI is InChI=1S/C20H32N2O2/c1-4-6-12-17(22-20(24)19(21)15(3)5-2)18(23)14-13-16-10-8-7-9-11-16/h7-11,15,17,19H,4-6,12-14,21H2,1-3H3,(H,22,24). The van der Waals surface area contributed by atoms with Gasteiger partial charge in [-0.1, -0.05) is 70.4 Å². The SMILES string of the molecule is CCCCC(NC(=O)C(N)C(C)CC)C(=O)CCc1ccccc1. The van der Waals surface area contributed by atoms with Crippen LogP contribution in [0.4, 0.5) is 0 Å². The highest BCUT2D eigenvalue weighted by atomic mass is 16.2. The van der Waals surface area contributed by atoms with E-state index in [-0.39, 0.29) is 17.6 Å². The summed E-state index contributed by atoms with van der Waals surface area (Å²) in [6.45, 7) is 6.05. The van der Waals surface area contributed by atoms with Crippen LogP contribution >= 0.6 is 0 Å². The van der Waals surface area contributed by atoms with E-state index < -0.39 is 12.1 Å². The molecular formula is C20H32N2O2. The second-order valence-electron chi connectivity index (χ2n) is 6.57. The predicted octanol–water partition coefficient (Wildman–Crippen LogP) is 3.24. The van der Waals surface area contributed by atoms with Crippen molar-refractivity contribution in [3.8, 4) is 0 Å². The van der Waals surface area contributed by atoms with Crippen LogP contribution in [-0.2, 0) is 16.0 Å². The van der Waals surface area contributed by atoms with E-state index in [1.807, 2.05) is 44.2 Å². The van der Waals surface area contributed by atoms with E-state index in [2.05, 4.69) is 12.2 Å². The third-order valence-corrected chi connectivity index (χ3v) is 4.61. The average Bonchev–Trinajstić information content (AvgIpc) is 2.62. The quantitative estimate of drug-likeness (QED) is 0.653. The van der Waals surface area contributed by atoms with Crippen LogP contribution in [0.1, 0.15) is 58.4 Å². The summed E-state index contributed by atoms with van der Waals surface area (Å²) in [4.78, 5) is 24.9. The molecule has 4 nitrogen and oxygen atoms in total. The van der Waals surface area contributed by atoms with Gasteiger partial charge in [0.15, 0.2) is 5.78 Å². The maximum absolute atomic E-state index is 12.6. The molecule has 0 spiro atoms. The van der Waals surface area contributed by atoms with Gasteiger partial charge in [-0.3, -0.25) is 9.59 Å². The zero-order valence-electron chi connectivity index (χ0n) is 15.3. The minimum absolute atomic E-state index is 0.0944. The van der Waals surface area contributed by atoms with Gasteiger partial charge in [-0.2, -0.15) is 0 Å². The summed E-state index contributed by atoms with van der Waals surface area (Å²) in [5.74, 6) is -0.00763. The molecule has 0 aliphatic carbocycles. The average molecular weight is 332 g/mol. The first-order valence-electron chi connectivity index (χ1n) is 9.12. The molecule has 0 saturated carbocycles. The molecule has 1 aromatic rings. The van der Waals surface area contributed by atoms with Crippen molar-refractivity contribution in [1.29, 1.82) is 0 Å². The van der Waals surface area contributed by atoms with Gasteiger partial charge < -0.3 is 11.1 Å². The Morgan fingerprint density at radius 2 is 1.83 bits per heavy atom. The molecule has 3 N–H and O–H groups in total. The summed E-state index contributed by atoms with van der Waals surface area (Å²) in [7, 11) is 0. The van der Waals surface area contributed by atoms with Crippen molar-refractivity contribution < 1.29 is 9.59 Å². The van der Waals surface area contributed by atoms with E-state index in [0.717, 1.165) is 24.8 Å². The van der Waals surface area contributed by atoms with Gasteiger partial charge >= 0.3 is 0 Å². The van der Waals surface area contributed by atoms with Crippen molar-refractivity contribution in [2.45, 2.75) is 71.4 Å². The zero-order chi connectivity index (χ0) is 17.9. The molecule has 0 bridgehead atoms. The Morgan fingerprint density at radius 1 is 1.17 bits per heavy atom. The third kappa shape index (κ3) is 6.83. The molecule has 4 heteroatoms. The molecule has 134 valence electrons. The van der Waals surface area contributed by atoms with E-state index in [1.165, 1.54) is 0 Å². The number of nitrogens with two attached hydrogens (primary N) is 1. The van der Waals surface area contributed by atoms with Gasteiger partial charge in [0.25, 0.3) is 0 Å². The number of aryl methyl sites for hydroxylation is 1. The number of unbranched alkanes of at least 4 members (excludes halogenated alkanes) is 1. The summed E-state index contributed by atoms with van der Waals surface area (Å²) in [6, 6.07) is 8.98. The van der Waals surface area contributed by atoms with Crippen molar-refractivity contribution in [3.05, 3.63) is 35.9 Å². The molecule has 0 heterocycles. The molecule has 3 atom stereocenters. The smallest absolute Gasteiger partial charge is 0.237 e. The van der Waals surface area contributed by atoms with Gasteiger partial charge in [0.2, 0.25) is 5.91 Å². The fourth-order valence-corrected chi connectivity index (χ4v) is 2.59. The van der Waals surface area contributed by atoms with Gasteiger partial charge in [0.1, 0.15) is 0 Å². The van der Waals surface area contributed by atoms with Crippen molar-refractivity contribution in [1.82, 2.24) is 5.32 Å². The number of benzene rings is 1. The molecule has 3 unspecified atom stereocenters. The maximum Gasteiger partial charge on any atom is 0.237 e. The van der Waals surface area contributed by atoms with E-state index in [9.17, 15) is 9.59 Å². The number of hydrogen-bond acceptors (Lipinski definition) is 3. The highest BCUT2D eigenvalue weighted by Gasteiger charge is 2.25. The van der Waals surface area contributed by atoms with Crippen LogP contribution in [0.2, 0.25) is 0 Å². The molecule has 0 aliphatic heterocycles. The van der Waals surface area contributed by atoms with Crippen LogP contribution in [0.15, 0.2) is 30.3 Å². The lowest BCUT2D eigenvalue weighted by molar-refractivity contribution is -0.129. The van der Waals surface area contributed by atoms with Gasteiger partial charge in [-0.05, 0) is 24.3 Å². The van der Waals surface area contributed by atoms with Gasteiger partial charge in [0, 0.05) is 6.42 Å². The molecule has 1 amide bonds. The lowest BCUT2D eigenvalue weighted by atomic mass is 9.96. The number of amides is 1. The second-order valence-corrected chi connectivity index (χ2v) is 6.57. The highest BCUT2D eigenvalue weighted by Crippen LogP contribution is 2.10. The van der Waals surface area contributed by atoms with Crippen molar-refractivity contribution in [2.75, 3.05) is 0 Å². The molecule has 0 aromatic heterocycles. The minimum Gasteiger partial charge on any atom is -0.345 e. The number of ketones is 1. The Labute approximate surface area is 146 Å². The molecule has 0 saturated heterocycles. The maximum atomic E-state index is 12.6. The topological polar surface area (TPSA) is 72.2 Å². The number of nitrogens with one attached hydrogen (secondary N) is 1. The minimum atomic E-state index is -0.555. The van der Waals surface area contributed by atoms with Crippen molar-refractivity contribution in [2.24, 2.45) is 11.7 Å². The summed E-state index contributed by atoms with van der Waals surface area (Å²) >= 11 is 0. The van der Waals surface area contributed by atoms with Crippen molar-refractivity contribution in [3.63, 3.8) is 0 Å². The first-order chi connectivity index (χ1) is 11.5. The van der Waals surface area contributed by atoms with Crippen molar-refractivity contribution >= 4 is 11.7 Å². The Balaban J connectivity index is 2.62. The fraction of sp³-hybridized carbons (Fsp3) is 0.600. The molecular weight excluding hydrogens is 300 g/mol. The second kappa shape index (κ2) is 11.0. The number of hydrogen-bond donors (Lipinski definition) is 2.